The van der Waals surface area contributed by atoms with Gasteiger partial charge in [0, 0.05) is 63.7 Å². The smallest absolute Gasteiger partial charge is 0.0795 e. The summed E-state index contributed by atoms with van der Waals surface area (Å²) in [6.07, 6.45) is 3.82. The molecule has 114 valence electrons. The highest BCUT2D eigenvalue weighted by molar-refractivity contribution is 7.99. The summed E-state index contributed by atoms with van der Waals surface area (Å²) in [5, 5.41) is 3.45. The van der Waals surface area contributed by atoms with Crippen LogP contribution in [0.1, 0.15) is 19.3 Å². The number of piperazine rings is 1. The van der Waals surface area contributed by atoms with Crippen molar-refractivity contribution < 1.29 is 4.74 Å². The van der Waals surface area contributed by atoms with E-state index in [4.69, 9.17) is 4.74 Å². The van der Waals surface area contributed by atoms with Crippen LogP contribution in [0, 0.1) is 0 Å². The van der Waals surface area contributed by atoms with Gasteiger partial charge in [0.05, 0.1) is 5.60 Å². The summed E-state index contributed by atoms with van der Waals surface area (Å²) in [6.45, 7) is 8.42. The van der Waals surface area contributed by atoms with Crippen LogP contribution in [0.5, 0.6) is 0 Å². The van der Waals surface area contributed by atoms with E-state index >= 15 is 0 Å². The minimum atomic E-state index is 0.244. The Morgan fingerprint density at radius 3 is 2.70 bits per heavy atom. The maximum absolute atomic E-state index is 6.15. The molecular weight excluding hydrogens is 270 g/mol. The standard InChI is InChI=1S/C15H27N3OS/c1-7-19-15(2-8-20-12-15)9-13(1)18-10-14(11-18)17-5-3-16-4-6-17/h13-14,16H,1-12H2. The minimum Gasteiger partial charge on any atom is -0.374 e. The van der Waals surface area contributed by atoms with Gasteiger partial charge in [-0.1, -0.05) is 0 Å². The van der Waals surface area contributed by atoms with Gasteiger partial charge in [-0.2, -0.15) is 11.8 Å². The molecule has 4 aliphatic heterocycles. The van der Waals surface area contributed by atoms with Crippen molar-refractivity contribution in [2.24, 2.45) is 0 Å². The van der Waals surface area contributed by atoms with Crippen LogP contribution in [0.4, 0.5) is 0 Å². The highest BCUT2D eigenvalue weighted by Gasteiger charge is 2.45. The van der Waals surface area contributed by atoms with E-state index in [-0.39, 0.29) is 5.60 Å². The van der Waals surface area contributed by atoms with E-state index in [1.54, 1.807) is 0 Å². The van der Waals surface area contributed by atoms with Crippen LogP contribution in [0.2, 0.25) is 0 Å². The molecular formula is C15H27N3OS. The van der Waals surface area contributed by atoms with Crippen LogP contribution < -0.4 is 5.32 Å². The van der Waals surface area contributed by atoms with Crippen molar-refractivity contribution in [3.8, 4) is 0 Å². The van der Waals surface area contributed by atoms with E-state index in [0.717, 1.165) is 18.7 Å². The van der Waals surface area contributed by atoms with E-state index in [1.807, 2.05) is 0 Å². The molecule has 4 nitrogen and oxygen atoms in total. The van der Waals surface area contributed by atoms with E-state index < -0.39 is 0 Å². The summed E-state index contributed by atoms with van der Waals surface area (Å²) in [7, 11) is 0. The van der Waals surface area contributed by atoms with E-state index in [1.165, 1.54) is 70.0 Å². The highest BCUT2D eigenvalue weighted by atomic mass is 32.2. The van der Waals surface area contributed by atoms with Gasteiger partial charge >= 0.3 is 0 Å². The lowest BCUT2D eigenvalue weighted by atomic mass is 9.87. The second-order valence-corrected chi connectivity index (χ2v) is 7.98. The Labute approximate surface area is 126 Å². The molecule has 5 heteroatoms. The van der Waals surface area contributed by atoms with E-state index in [9.17, 15) is 0 Å². The quantitative estimate of drug-likeness (QED) is 0.807. The monoisotopic (exact) mass is 297 g/mol. The largest absolute Gasteiger partial charge is 0.374 e. The summed E-state index contributed by atoms with van der Waals surface area (Å²) in [5.74, 6) is 2.54. The Morgan fingerprint density at radius 1 is 1.10 bits per heavy atom. The molecule has 20 heavy (non-hydrogen) atoms. The SMILES string of the molecule is C1CN(C2CN(C3CCOC4(CCSC4)C3)C2)CCN1. The first-order chi connectivity index (χ1) is 9.85. The zero-order valence-electron chi connectivity index (χ0n) is 12.4. The van der Waals surface area contributed by atoms with Crippen molar-refractivity contribution >= 4 is 11.8 Å². The number of thioether (sulfide) groups is 1. The number of ether oxygens (including phenoxy) is 1. The molecule has 4 aliphatic rings. The molecule has 4 fully saturated rings. The van der Waals surface area contributed by atoms with Crippen LogP contribution >= 0.6 is 11.8 Å². The molecule has 4 saturated heterocycles. The van der Waals surface area contributed by atoms with Crippen LogP contribution in [0.3, 0.4) is 0 Å². The number of rotatable bonds is 2. The van der Waals surface area contributed by atoms with Gasteiger partial charge in [0.25, 0.3) is 0 Å². The van der Waals surface area contributed by atoms with Gasteiger partial charge in [-0.05, 0) is 25.0 Å². The van der Waals surface area contributed by atoms with Gasteiger partial charge in [0.1, 0.15) is 0 Å². The molecule has 0 amide bonds. The van der Waals surface area contributed by atoms with Gasteiger partial charge in [-0.15, -0.1) is 0 Å². The number of nitrogens with one attached hydrogen (secondary N) is 1. The molecule has 0 aromatic carbocycles. The number of hydrogen-bond donors (Lipinski definition) is 1. The van der Waals surface area contributed by atoms with Gasteiger partial charge in [0.2, 0.25) is 0 Å². The maximum Gasteiger partial charge on any atom is 0.0795 e. The Balaban J connectivity index is 1.29. The zero-order chi connectivity index (χ0) is 13.4. The summed E-state index contributed by atoms with van der Waals surface area (Å²) in [4.78, 5) is 5.42. The van der Waals surface area contributed by atoms with Crippen molar-refractivity contribution in [1.29, 1.82) is 0 Å². The average molecular weight is 297 g/mol. The third kappa shape index (κ3) is 2.63. The van der Waals surface area contributed by atoms with Gasteiger partial charge in [-0.25, -0.2) is 0 Å². The summed E-state index contributed by atoms with van der Waals surface area (Å²) >= 11 is 2.08. The first kappa shape index (κ1) is 13.8. The Kier molecular flexibility index (Phi) is 3.98. The predicted molar refractivity (Wildman–Crippen MR) is 83.5 cm³/mol. The topological polar surface area (TPSA) is 27.7 Å². The summed E-state index contributed by atoms with van der Waals surface area (Å²) in [6, 6.07) is 1.62. The molecule has 1 spiro atoms. The summed E-state index contributed by atoms with van der Waals surface area (Å²) < 4.78 is 6.15. The Bertz CT molecular complexity index is 336. The lowest BCUT2D eigenvalue weighted by Gasteiger charge is -2.52. The molecule has 0 radical (unpaired) electrons. The average Bonchev–Trinajstić information content (AvgIpc) is 2.86. The lowest BCUT2D eigenvalue weighted by molar-refractivity contribution is -0.110. The van der Waals surface area contributed by atoms with Crippen LogP contribution in [-0.2, 0) is 4.74 Å². The van der Waals surface area contributed by atoms with Gasteiger partial charge < -0.3 is 10.1 Å². The number of nitrogens with zero attached hydrogens (tertiary/aromatic N) is 2. The molecule has 2 unspecified atom stereocenters. The molecule has 0 aromatic rings. The normalized spacial score (nSPS) is 41.1. The second-order valence-electron chi connectivity index (χ2n) is 6.87. The van der Waals surface area contributed by atoms with Crippen molar-refractivity contribution in [2.75, 3.05) is 57.4 Å². The molecule has 0 saturated carbocycles. The first-order valence-corrected chi connectivity index (χ1v) is 9.41. The molecule has 0 bridgehead atoms. The molecule has 1 N–H and O–H groups in total. The van der Waals surface area contributed by atoms with Crippen LogP contribution in [-0.4, -0.2) is 84.9 Å². The second kappa shape index (κ2) is 5.76. The van der Waals surface area contributed by atoms with Crippen molar-refractivity contribution in [1.82, 2.24) is 15.1 Å². The highest BCUT2D eigenvalue weighted by Crippen LogP contribution is 2.40. The lowest BCUT2D eigenvalue weighted by Crippen LogP contribution is -2.66. The number of hydrogen-bond acceptors (Lipinski definition) is 5. The predicted octanol–water partition coefficient (Wildman–Crippen LogP) is 0.631. The zero-order valence-corrected chi connectivity index (χ0v) is 13.2. The fourth-order valence-corrected chi connectivity index (χ4v) is 5.62. The van der Waals surface area contributed by atoms with Crippen LogP contribution in [0.25, 0.3) is 0 Å². The maximum atomic E-state index is 6.15. The van der Waals surface area contributed by atoms with Gasteiger partial charge in [0.15, 0.2) is 0 Å². The molecule has 4 rings (SSSR count). The fourth-order valence-electron chi connectivity index (χ4n) is 4.24. The van der Waals surface area contributed by atoms with Crippen molar-refractivity contribution in [2.45, 2.75) is 36.9 Å². The molecule has 0 aliphatic carbocycles. The fraction of sp³-hybridized carbons (Fsp3) is 1.00. The van der Waals surface area contributed by atoms with Gasteiger partial charge in [-0.3, -0.25) is 9.80 Å². The minimum absolute atomic E-state index is 0.244. The van der Waals surface area contributed by atoms with Crippen molar-refractivity contribution in [3.63, 3.8) is 0 Å². The molecule has 0 aromatic heterocycles. The third-order valence-corrected chi connectivity index (χ3v) is 6.83. The first-order valence-electron chi connectivity index (χ1n) is 8.25. The van der Waals surface area contributed by atoms with E-state index in [2.05, 4.69) is 26.9 Å². The van der Waals surface area contributed by atoms with Crippen LogP contribution in [0.15, 0.2) is 0 Å². The Hall–Kier alpha value is 0.190. The molecule has 4 heterocycles. The third-order valence-electron chi connectivity index (χ3n) is 5.61. The Morgan fingerprint density at radius 2 is 1.95 bits per heavy atom. The van der Waals surface area contributed by atoms with E-state index in [0.29, 0.717) is 0 Å². The number of likely N-dealkylation sites (tertiary alicyclic amines) is 1. The molecule has 2 atom stereocenters. The van der Waals surface area contributed by atoms with Crippen molar-refractivity contribution in [3.05, 3.63) is 0 Å². The summed E-state index contributed by atoms with van der Waals surface area (Å²) in [5.41, 5.74) is 0.244.